The van der Waals surface area contributed by atoms with E-state index in [4.69, 9.17) is 10.7 Å². The molecular weight excluding hydrogens is 625 g/mol. The second-order valence-electron chi connectivity index (χ2n) is 12.9. The van der Waals surface area contributed by atoms with Crippen LogP contribution in [0, 0.1) is 0 Å². The molecule has 0 bridgehead atoms. The maximum Gasteiger partial charge on any atom is 0.148 e. The Morgan fingerprint density at radius 1 is 0.347 bits per heavy atom. The van der Waals surface area contributed by atoms with Crippen molar-refractivity contribution in [1.29, 1.82) is 0 Å². The van der Waals surface area contributed by atoms with Crippen molar-refractivity contribution in [3.63, 3.8) is 0 Å². The van der Waals surface area contributed by atoms with Gasteiger partial charge in [0.05, 0.1) is 0 Å². The third-order valence-corrected chi connectivity index (χ3v) is 20.2. The Morgan fingerprint density at radius 2 is 0.571 bits per heavy atom. The standard InChI is InChI=1S/C45H42N2Si2/c46-45-37(31-33-48(39-19-7-1-8-20-39,40-21-9-2-10-22-40)41-23-11-3-12-24-41)35-47-36-38(45)32-34-49(42-25-13-4-14-26-42,43-27-15-5-16-28-43)44-29-17-6-18-30-44/h1-30,35-36H,31-34H2,(H2,46,47). The summed E-state index contributed by atoms with van der Waals surface area (Å²) in [5.41, 5.74) is 10.3. The number of aromatic nitrogens is 1. The summed E-state index contributed by atoms with van der Waals surface area (Å²) < 4.78 is 0. The predicted octanol–water partition coefficient (Wildman–Crippen LogP) is 6.09. The van der Waals surface area contributed by atoms with Gasteiger partial charge in [-0.15, -0.1) is 0 Å². The first-order valence-corrected chi connectivity index (χ1v) is 21.7. The largest absolute Gasteiger partial charge is 0.398 e. The van der Waals surface area contributed by atoms with Crippen molar-refractivity contribution < 1.29 is 0 Å². The number of aryl methyl sites for hydroxylation is 2. The molecule has 2 N–H and O–H groups in total. The molecule has 240 valence electrons. The van der Waals surface area contributed by atoms with Gasteiger partial charge in [0.2, 0.25) is 0 Å². The van der Waals surface area contributed by atoms with Gasteiger partial charge in [-0.05, 0) is 67.2 Å². The number of pyridine rings is 1. The Hall–Kier alpha value is -5.30. The molecule has 0 saturated heterocycles. The Kier molecular flexibility index (Phi) is 9.78. The lowest BCUT2D eigenvalue weighted by atomic mass is 10.1. The molecule has 4 heteroatoms. The van der Waals surface area contributed by atoms with E-state index in [0.717, 1.165) is 41.7 Å². The molecule has 0 aliphatic carbocycles. The summed E-state index contributed by atoms with van der Waals surface area (Å²) >= 11 is 0. The molecule has 7 rings (SSSR count). The normalized spacial score (nSPS) is 11.7. The molecule has 0 saturated carbocycles. The van der Waals surface area contributed by atoms with Crippen molar-refractivity contribution in [2.75, 3.05) is 5.73 Å². The van der Waals surface area contributed by atoms with Crippen LogP contribution in [-0.4, -0.2) is 21.1 Å². The van der Waals surface area contributed by atoms with E-state index in [-0.39, 0.29) is 0 Å². The number of hydrogen-bond acceptors (Lipinski definition) is 2. The highest BCUT2D eigenvalue weighted by atomic mass is 28.3. The Balaban J connectivity index is 1.27. The Bertz CT molecular complexity index is 1710. The van der Waals surface area contributed by atoms with E-state index in [2.05, 4.69) is 182 Å². The smallest absolute Gasteiger partial charge is 0.148 e. The molecule has 0 unspecified atom stereocenters. The van der Waals surface area contributed by atoms with Crippen LogP contribution in [0.25, 0.3) is 0 Å². The lowest BCUT2D eigenvalue weighted by Crippen LogP contribution is -2.67. The van der Waals surface area contributed by atoms with Gasteiger partial charge in [-0.25, -0.2) is 0 Å². The van der Waals surface area contributed by atoms with Crippen LogP contribution in [0.2, 0.25) is 12.1 Å². The molecule has 7 aromatic rings. The van der Waals surface area contributed by atoms with Crippen molar-refractivity contribution in [3.05, 3.63) is 206 Å². The van der Waals surface area contributed by atoms with Crippen molar-refractivity contribution >= 4 is 53.0 Å². The number of anilines is 1. The van der Waals surface area contributed by atoms with Crippen LogP contribution in [0.3, 0.4) is 0 Å². The first-order valence-electron chi connectivity index (χ1n) is 17.3. The molecule has 0 fully saturated rings. The third kappa shape index (κ3) is 6.45. The summed E-state index contributed by atoms with van der Waals surface area (Å²) in [7, 11) is -4.81. The summed E-state index contributed by atoms with van der Waals surface area (Å²) in [5, 5.41) is 8.50. The van der Waals surface area contributed by atoms with Gasteiger partial charge in [-0.2, -0.15) is 0 Å². The maximum atomic E-state index is 7.17. The zero-order valence-electron chi connectivity index (χ0n) is 27.8. The van der Waals surface area contributed by atoms with Crippen LogP contribution in [0.15, 0.2) is 194 Å². The topological polar surface area (TPSA) is 38.9 Å². The number of nitrogen functional groups attached to an aromatic ring is 1. The van der Waals surface area contributed by atoms with Gasteiger partial charge in [0, 0.05) is 18.1 Å². The van der Waals surface area contributed by atoms with Crippen molar-refractivity contribution in [2.45, 2.75) is 24.9 Å². The molecule has 49 heavy (non-hydrogen) atoms. The summed E-state index contributed by atoms with van der Waals surface area (Å²) in [6, 6.07) is 68.8. The summed E-state index contributed by atoms with van der Waals surface area (Å²) in [5.74, 6) is 0. The number of nitrogens with zero attached hydrogens (tertiary/aromatic N) is 1. The van der Waals surface area contributed by atoms with Gasteiger partial charge in [-0.3, -0.25) is 4.98 Å². The summed E-state index contributed by atoms with van der Waals surface area (Å²) in [4.78, 5) is 4.83. The second kappa shape index (κ2) is 14.9. The predicted molar refractivity (Wildman–Crippen MR) is 214 cm³/mol. The van der Waals surface area contributed by atoms with Gasteiger partial charge in [-0.1, -0.05) is 182 Å². The molecule has 0 radical (unpaired) electrons. The Morgan fingerprint density at radius 3 is 0.796 bits per heavy atom. The maximum absolute atomic E-state index is 7.17. The van der Waals surface area contributed by atoms with Crippen LogP contribution >= 0.6 is 0 Å². The number of nitrogens with two attached hydrogens (primary N) is 1. The first-order chi connectivity index (χ1) is 24.2. The fraction of sp³-hybridized carbons (Fsp3) is 0.0889. The van der Waals surface area contributed by atoms with Crippen molar-refractivity contribution in [3.8, 4) is 0 Å². The zero-order valence-corrected chi connectivity index (χ0v) is 29.8. The third-order valence-electron chi connectivity index (χ3n) is 10.3. The van der Waals surface area contributed by atoms with E-state index >= 15 is 0 Å². The van der Waals surface area contributed by atoms with Crippen molar-refractivity contribution in [2.24, 2.45) is 0 Å². The highest BCUT2D eigenvalue weighted by Crippen LogP contribution is 2.25. The van der Waals surface area contributed by atoms with Gasteiger partial charge < -0.3 is 5.73 Å². The lowest BCUT2D eigenvalue weighted by molar-refractivity contribution is 1.03. The SMILES string of the molecule is Nc1c(CC[Si](c2ccccc2)(c2ccccc2)c2ccccc2)cncc1CC[Si](c1ccccc1)(c1ccccc1)c1ccccc1. The molecule has 1 aromatic heterocycles. The minimum absolute atomic E-state index is 0.857. The van der Waals surface area contributed by atoms with E-state index in [1.807, 2.05) is 12.4 Å². The van der Waals surface area contributed by atoms with Crippen LogP contribution < -0.4 is 36.9 Å². The average molecular weight is 667 g/mol. The molecule has 1 heterocycles. The molecule has 0 atom stereocenters. The quantitative estimate of drug-likeness (QED) is 0.127. The Labute approximate surface area is 293 Å². The van der Waals surface area contributed by atoms with Crippen LogP contribution in [-0.2, 0) is 12.8 Å². The number of rotatable bonds is 12. The van der Waals surface area contributed by atoms with Crippen LogP contribution in [0.1, 0.15) is 11.1 Å². The van der Waals surface area contributed by atoms with E-state index in [9.17, 15) is 0 Å². The molecular formula is C45H42N2Si2. The van der Waals surface area contributed by atoms with Crippen molar-refractivity contribution in [1.82, 2.24) is 4.98 Å². The van der Waals surface area contributed by atoms with E-state index in [0.29, 0.717) is 0 Å². The summed E-state index contributed by atoms with van der Waals surface area (Å²) in [6.07, 6.45) is 5.73. The molecule has 0 amide bonds. The highest BCUT2D eigenvalue weighted by Gasteiger charge is 2.40. The van der Waals surface area contributed by atoms with Gasteiger partial charge in [0.25, 0.3) is 0 Å². The monoisotopic (exact) mass is 666 g/mol. The highest BCUT2D eigenvalue weighted by molar-refractivity contribution is 7.12. The van der Waals surface area contributed by atoms with E-state index in [1.54, 1.807) is 0 Å². The van der Waals surface area contributed by atoms with Crippen LogP contribution in [0.4, 0.5) is 5.69 Å². The average Bonchev–Trinajstić information content (AvgIpc) is 3.19. The van der Waals surface area contributed by atoms with Gasteiger partial charge >= 0.3 is 0 Å². The fourth-order valence-corrected chi connectivity index (χ4v) is 17.4. The molecule has 2 nitrogen and oxygen atoms in total. The molecule has 0 spiro atoms. The minimum Gasteiger partial charge on any atom is -0.398 e. The molecule has 6 aromatic carbocycles. The van der Waals surface area contributed by atoms with Gasteiger partial charge in [0.15, 0.2) is 0 Å². The minimum atomic E-state index is -2.40. The second-order valence-corrected chi connectivity index (χ2v) is 21.0. The molecule has 0 aliphatic heterocycles. The van der Waals surface area contributed by atoms with Crippen LogP contribution in [0.5, 0.6) is 0 Å². The van der Waals surface area contributed by atoms with Gasteiger partial charge in [0.1, 0.15) is 16.1 Å². The van der Waals surface area contributed by atoms with E-state index in [1.165, 1.54) is 31.1 Å². The number of hydrogen-bond donors (Lipinski definition) is 1. The fourth-order valence-electron chi connectivity index (χ4n) is 7.81. The lowest BCUT2D eigenvalue weighted by Gasteiger charge is -2.34. The first kappa shape index (κ1) is 32.3. The zero-order chi connectivity index (χ0) is 33.4. The van der Waals surface area contributed by atoms with E-state index < -0.39 is 16.1 Å². The summed E-state index contributed by atoms with van der Waals surface area (Å²) in [6.45, 7) is 0. The molecule has 0 aliphatic rings. The number of benzene rings is 6.